The van der Waals surface area contributed by atoms with Crippen LogP contribution in [0.1, 0.15) is 0 Å². The van der Waals surface area contributed by atoms with Crippen LogP contribution in [0, 0.1) is 0 Å². The molecule has 1 aromatic rings. The Hall–Kier alpha value is -1.36. The summed E-state index contributed by atoms with van der Waals surface area (Å²) in [5.41, 5.74) is 6.49. The van der Waals surface area contributed by atoms with Crippen molar-refractivity contribution >= 4 is 11.5 Å². The van der Waals surface area contributed by atoms with Gasteiger partial charge in [-0.1, -0.05) is 0 Å². The molecule has 0 radical (unpaired) electrons. The lowest BCUT2D eigenvalue weighted by atomic mass is 10.3. The summed E-state index contributed by atoms with van der Waals surface area (Å²) in [6, 6.07) is 1.78. The minimum Gasteiger partial charge on any atom is -0.396 e. The molecule has 0 unspecified atom stereocenters. The molecular weight excluding hydrogens is 166 g/mol. The highest BCUT2D eigenvalue weighted by Crippen LogP contribution is 2.17. The van der Waals surface area contributed by atoms with E-state index in [9.17, 15) is 0 Å². The van der Waals surface area contributed by atoms with Gasteiger partial charge in [-0.3, -0.25) is 0 Å². The van der Waals surface area contributed by atoms with Gasteiger partial charge in [0.2, 0.25) is 0 Å². The highest BCUT2D eigenvalue weighted by Gasteiger charge is 2.13. The van der Waals surface area contributed by atoms with Crippen molar-refractivity contribution in [2.75, 3.05) is 36.8 Å². The van der Waals surface area contributed by atoms with Crippen LogP contribution in [0.4, 0.5) is 11.5 Å². The molecular formula is C8H13N5. The van der Waals surface area contributed by atoms with Crippen LogP contribution in [0.25, 0.3) is 0 Å². The average molecular weight is 179 g/mol. The summed E-state index contributed by atoms with van der Waals surface area (Å²) in [4.78, 5) is 2.15. The number of nitrogens with zero attached hydrogens (tertiary/aromatic N) is 3. The number of nitrogens with two attached hydrogens (primary N) is 1. The third-order valence-electron chi connectivity index (χ3n) is 2.15. The largest absolute Gasteiger partial charge is 0.396 e. The number of nitrogens with one attached hydrogen (secondary N) is 1. The van der Waals surface area contributed by atoms with E-state index in [1.54, 1.807) is 12.3 Å². The van der Waals surface area contributed by atoms with Gasteiger partial charge in [0.05, 0.1) is 11.9 Å². The monoisotopic (exact) mass is 179 g/mol. The molecule has 70 valence electrons. The van der Waals surface area contributed by atoms with E-state index >= 15 is 0 Å². The van der Waals surface area contributed by atoms with Crippen molar-refractivity contribution in [2.24, 2.45) is 0 Å². The summed E-state index contributed by atoms with van der Waals surface area (Å²) in [5, 5.41) is 11.1. The average Bonchev–Trinajstić information content (AvgIpc) is 2.20. The molecule has 5 heteroatoms. The molecule has 2 heterocycles. The molecule has 0 amide bonds. The Bertz CT molecular complexity index is 282. The fourth-order valence-corrected chi connectivity index (χ4v) is 1.46. The lowest BCUT2D eigenvalue weighted by molar-refractivity contribution is 0.583. The zero-order valence-corrected chi connectivity index (χ0v) is 7.40. The van der Waals surface area contributed by atoms with Gasteiger partial charge < -0.3 is 16.0 Å². The third kappa shape index (κ3) is 1.70. The molecule has 3 N–H and O–H groups in total. The van der Waals surface area contributed by atoms with E-state index in [-0.39, 0.29) is 0 Å². The van der Waals surface area contributed by atoms with Crippen molar-refractivity contribution in [1.29, 1.82) is 0 Å². The summed E-state index contributed by atoms with van der Waals surface area (Å²) >= 11 is 0. The molecule has 13 heavy (non-hydrogen) atoms. The van der Waals surface area contributed by atoms with Crippen LogP contribution >= 0.6 is 0 Å². The second-order valence-electron chi connectivity index (χ2n) is 3.05. The summed E-state index contributed by atoms with van der Waals surface area (Å²) in [6.07, 6.45) is 1.61. The summed E-state index contributed by atoms with van der Waals surface area (Å²) < 4.78 is 0. The summed E-state index contributed by atoms with van der Waals surface area (Å²) in [5.74, 6) is 0.809. The van der Waals surface area contributed by atoms with Crippen molar-refractivity contribution < 1.29 is 0 Å². The van der Waals surface area contributed by atoms with E-state index in [0.29, 0.717) is 5.69 Å². The molecule has 0 bridgehead atoms. The zero-order chi connectivity index (χ0) is 9.10. The molecule has 5 nitrogen and oxygen atoms in total. The first kappa shape index (κ1) is 8.25. The van der Waals surface area contributed by atoms with Crippen molar-refractivity contribution in [1.82, 2.24) is 15.5 Å². The summed E-state index contributed by atoms with van der Waals surface area (Å²) in [6.45, 7) is 3.86. The Balaban J connectivity index is 2.18. The Morgan fingerprint density at radius 1 is 1.38 bits per heavy atom. The van der Waals surface area contributed by atoms with Crippen molar-refractivity contribution in [3.8, 4) is 0 Å². The van der Waals surface area contributed by atoms with E-state index < -0.39 is 0 Å². The number of hydrogen-bond acceptors (Lipinski definition) is 5. The van der Waals surface area contributed by atoms with Gasteiger partial charge in [-0.05, 0) is 6.07 Å². The van der Waals surface area contributed by atoms with Crippen molar-refractivity contribution in [3.05, 3.63) is 12.3 Å². The summed E-state index contributed by atoms with van der Waals surface area (Å²) in [7, 11) is 0. The lowest BCUT2D eigenvalue weighted by Crippen LogP contribution is -2.44. The van der Waals surface area contributed by atoms with E-state index in [4.69, 9.17) is 5.73 Å². The van der Waals surface area contributed by atoms with Crippen molar-refractivity contribution in [2.45, 2.75) is 0 Å². The molecule has 0 spiro atoms. The molecule has 1 aliphatic rings. The molecule has 1 aliphatic heterocycles. The Morgan fingerprint density at radius 2 is 2.15 bits per heavy atom. The number of nitrogen functional groups attached to an aromatic ring is 1. The van der Waals surface area contributed by atoms with Crippen LogP contribution in [-0.2, 0) is 0 Å². The minimum atomic E-state index is 0.705. The van der Waals surface area contributed by atoms with Crippen LogP contribution in [0.3, 0.4) is 0 Å². The van der Waals surface area contributed by atoms with Gasteiger partial charge in [0, 0.05) is 26.2 Å². The second-order valence-corrected chi connectivity index (χ2v) is 3.05. The van der Waals surface area contributed by atoms with Gasteiger partial charge >= 0.3 is 0 Å². The highest BCUT2D eigenvalue weighted by molar-refractivity contribution is 5.61. The molecule has 1 saturated heterocycles. The number of aromatic nitrogens is 2. The molecule has 0 aliphatic carbocycles. The highest BCUT2D eigenvalue weighted by atomic mass is 15.3. The van der Waals surface area contributed by atoms with Gasteiger partial charge in [0.25, 0.3) is 0 Å². The van der Waals surface area contributed by atoms with Gasteiger partial charge in [0.1, 0.15) is 0 Å². The maximum absolute atomic E-state index is 5.79. The Morgan fingerprint density at radius 3 is 2.85 bits per heavy atom. The van der Waals surface area contributed by atoms with Gasteiger partial charge in [-0.25, -0.2) is 0 Å². The lowest BCUT2D eigenvalue weighted by Gasteiger charge is -2.28. The predicted molar refractivity (Wildman–Crippen MR) is 51.5 cm³/mol. The van der Waals surface area contributed by atoms with Crippen LogP contribution in [0.2, 0.25) is 0 Å². The van der Waals surface area contributed by atoms with Crippen LogP contribution in [-0.4, -0.2) is 36.4 Å². The van der Waals surface area contributed by atoms with Gasteiger partial charge in [-0.15, -0.1) is 5.10 Å². The fraction of sp³-hybridized carbons (Fsp3) is 0.500. The number of anilines is 2. The quantitative estimate of drug-likeness (QED) is 0.606. The first-order valence-corrected chi connectivity index (χ1v) is 4.41. The Labute approximate surface area is 76.9 Å². The van der Waals surface area contributed by atoms with E-state index in [0.717, 1.165) is 32.0 Å². The SMILES string of the molecule is Nc1ccnnc1N1CCNCC1. The van der Waals surface area contributed by atoms with E-state index in [1.807, 2.05) is 0 Å². The fourth-order valence-electron chi connectivity index (χ4n) is 1.46. The first-order valence-electron chi connectivity index (χ1n) is 4.41. The van der Waals surface area contributed by atoms with Crippen LogP contribution in [0.5, 0.6) is 0 Å². The minimum absolute atomic E-state index is 0.705. The number of piperazine rings is 1. The normalized spacial score (nSPS) is 17.4. The van der Waals surface area contributed by atoms with E-state index in [1.165, 1.54) is 0 Å². The van der Waals surface area contributed by atoms with Crippen molar-refractivity contribution in [3.63, 3.8) is 0 Å². The van der Waals surface area contributed by atoms with Crippen LogP contribution in [0.15, 0.2) is 12.3 Å². The standard InChI is InChI=1S/C8H13N5/c9-7-1-2-11-12-8(7)13-5-3-10-4-6-13/h1-2,10H,3-6H2,(H2,9,11). The second kappa shape index (κ2) is 3.57. The van der Waals surface area contributed by atoms with E-state index in [2.05, 4.69) is 20.4 Å². The third-order valence-corrected chi connectivity index (χ3v) is 2.15. The Kier molecular flexibility index (Phi) is 2.27. The van der Waals surface area contributed by atoms with Crippen LogP contribution < -0.4 is 16.0 Å². The molecule has 0 atom stereocenters. The number of hydrogen-bond donors (Lipinski definition) is 2. The van der Waals surface area contributed by atoms with Gasteiger partial charge in [-0.2, -0.15) is 5.10 Å². The molecule has 1 aromatic heterocycles. The molecule has 0 aromatic carbocycles. The zero-order valence-electron chi connectivity index (χ0n) is 7.40. The molecule has 2 rings (SSSR count). The maximum Gasteiger partial charge on any atom is 0.174 e. The first-order chi connectivity index (χ1) is 6.38. The topological polar surface area (TPSA) is 67.1 Å². The predicted octanol–water partition coefficient (Wildman–Crippen LogP) is -0.532. The molecule has 0 saturated carbocycles. The smallest absolute Gasteiger partial charge is 0.174 e. The number of rotatable bonds is 1. The molecule has 1 fully saturated rings. The van der Waals surface area contributed by atoms with Gasteiger partial charge in [0.15, 0.2) is 5.82 Å². The maximum atomic E-state index is 5.79.